The Hall–Kier alpha value is -4.58. The van der Waals surface area contributed by atoms with E-state index >= 15 is 0 Å². The number of anilines is 2. The van der Waals surface area contributed by atoms with Crippen molar-refractivity contribution < 1.29 is 29.0 Å². The first-order valence-electron chi connectivity index (χ1n) is 15.3. The molecule has 0 atom stereocenters. The lowest BCUT2D eigenvalue weighted by Gasteiger charge is -2.22. The van der Waals surface area contributed by atoms with E-state index in [0.29, 0.717) is 35.3 Å². The Bertz CT molecular complexity index is 1650. The first-order valence-corrected chi connectivity index (χ1v) is 16.1. The predicted molar refractivity (Wildman–Crippen MR) is 173 cm³/mol. The largest absolute Gasteiger partial charge is 0.492 e. The second-order valence-electron chi connectivity index (χ2n) is 11.1. The summed E-state index contributed by atoms with van der Waals surface area (Å²) in [5, 5.41) is 15.4. The number of hydrogen-bond acceptors (Lipinski definition) is 9. The maximum absolute atomic E-state index is 12.5. The van der Waals surface area contributed by atoms with Gasteiger partial charge in [0, 0.05) is 24.4 Å². The summed E-state index contributed by atoms with van der Waals surface area (Å²) in [4.78, 5) is 49.0. The Morgan fingerprint density at radius 2 is 1.78 bits per heavy atom. The summed E-state index contributed by atoms with van der Waals surface area (Å²) in [7, 11) is 0. The normalized spacial score (nSPS) is 13.4. The molecule has 0 radical (unpaired) electrons. The lowest BCUT2D eigenvalue weighted by atomic mass is 9.98. The molecule has 0 aliphatic heterocycles. The molecule has 0 unspecified atom stereocenters. The van der Waals surface area contributed by atoms with Crippen molar-refractivity contribution in [2.75, 3.05) is 17.2 Å². The number of unbranched alkanes of at least 4 members (excludes halogenated alkanes) is 3. The van der Waals surface area contributed by atoms with Gasteiger partial charge in [-0.15, -0.1) is 0 Å². The molecule has 3 N–H and O–H groups in total. The molecule has 1 aromatic carbocycles. The standard InChI is InChI=1S/C33H37N5O6S/c1-21-28(37-33(42)44-25-9-5-4-6-10-25)16-23(19-35-21)22-12-13-27-29(17-22)45-32(36-27)38-30(39)11-7-2-3-8-14-43-26-15-24(31(40)41)18-34-20-26/h12-13,15-20,25H,2-11,14H2,1H3,(H,37,42)(H,40,41)(H,36,38,39). The number of carboxylic acids is 1. The van der Waals surface area contributed by atoms with Crippen molar-refractivity contribution in [1.29, 1.82) is 0 Å². The molecule has 45 heavy (non-hydrogen) atoms. The summed E-state index contributed by atoms with van der Waals surface area (Å²) in [6.45, 7) is 2.30. The van der Waals surface area contributed by atoms with Crippen LogP contribution < -0.4 is 15.4 Å². The number of carbonyl (C=O) groups is 3. The number of ether oxygens (including phenoxy) is 2. The fraction of sp³-hybridized carbons (Fsp3) is 0.394. The lowest BCUT2D eigenvalue weighted by molar-refractivity contribution is -0.116. The van der Waals surface area contributed by atoms with Crippen molar-refractivity contribution in [3.8, 4) is 16.9 Å². The Morgan fingerprint density at radius 3 is 2.60 bits per heavy atom. The van der Waals surface area contributed by atoms with Crippen LogP contribution in [0.4, 0.5) is 15.6 Å². The Balaban J connectivity index is 1.07. The molecule has 3 heterocycles. The topological polar surface area (TPSA) is 153 Å². The average Bonchev–Trinajstić information content (AvgIpc) is 3.43. The van der Waals surface area contributed by atoms with Gasteiger partial charge in [-0.1, -0.05) is 36.7 Å². The molecule has 1 aliphatic carbocycles. The summed E-state index contributed by atoms with van der Waals surface area (Å²) < 4.78 is 12.1. The molecule has 5 rings (SSSR count). The van der Waals surface area contributed by atoms with Gasteiger partial charge in [0.1, 0.15) is 11.9 Å². The van der Waals surface area contributed by atoms with Crippen molar-refractivity contribution in [3.63, 3.8) is 0 Å². The second-order valence-corrected chi connectivity index (χ2v) is 12.2. The highest BCUT2D eigenvalue weighted by Crippen LogP contribution is 2.32. The third-order valence-electron chi connectivity index (χ3n) is 7.64. The number of aromatic carboxylic acids is 1. The smallest absolute Gasteiger partial charge is 0.411 e. The fourth-order valence-electron chi connectivity index (χ4n) is 5.18. The molecule has 0 saturated heterocycles. The number of aromatic nitrogens is 3. The van der Waals surface area contributed by atoms with Gasteiger partial charge in [0.05, 0.1) is 40.0 Å². The van der Waals surface area contributed by atoms with Gasteiger partial charge in [-0.2, -0.15) is 0 Å². The number of carbonyl (C=O) groups excluding carboxylic acids is 2. The van der Waals surface area contributed by atoms with E-state index < -0.39 is 12.1 Å². The van der Waals surface area contributed by atoms with Gasteiger partial charge in [0.25, 0.3) is 0 Å². The summed E-state index contributed by atoms with van der Waals surface area (Å²) in [5.74, 6) is -0.694. The van der Waals surface area contributed by atoms with Gasteiger partial charge < -0.3 is 19.9 Å². The molecule has 2 amide bonds. The lowest BCUT2D eigenvalue weighted by Crippen LogP contribution is -2.24. The van der Waals surface area contributed by atoms with E-state index in [1.807, 2.05) is 31.2 Å². The number of benzene rings is 1. The van der Waals surface area contributed by atoms with Crippen LogP contribution in [0.25, 0.3) is 21.3 Å². The number of aryl methyl sites for hydroxylation is 1. The van der Waals surface area contributed by atoms with Crippen LogP contribution in [0, 0.1) is 6.92 Å². The van der Waals surface area contributed by atoms with Crippen LogP contribution in [0.3, 0.4) is 0 Å². The SMILES string of the molecule is Cc1ncc(-c2ccc3nc(NC(=O)CCCCCCOc4cncc(C(=O)O)c4)sc3c2)cc1NC(=O)OC1CCCCC1. The van der Waals surface area contributed by atoms with Crippen molar-refractivity contribution >= 4 is 50.3 Å². The first-order chi connectivity index (χ1) is 21.8. The predicted octanol–water partition coefficient (Wildman–Crippen LogP) is 7.61. The second kappa shape index (κ2) is 15.4. The Kier molecular flexibility index (Phi) is 10.9. The molecule has 1 aliphatic rings. The number of fused-ring (bicyclic) bond motifs is 1. The third-order valence-corrected chi connectivity index (χ3v) is 8.58. The molecule has 1 saturated carbocycles. The molecule has 12 heteroatoms. The molecule has 236 valence electrons. The molecular formula is C33H37N5O6S. The first kappa shape index (κ1) is 31.8. The minimum Gasteiger partial charge on any atom is -0.492 e. The van der Waals surface area contributed by atoms with E-state index in [0.717, 1.165) is 72.7 Å². The fourth-order valence-corrected chi connectivity index (χ4v) is 6.10. The minimum atomic E-state index is -1.04. The number of thiazole rings is 1. The number of amides is 2. The maximum Gasteiger partial charge on any atom is 0.411 e. The number of rotatable bonds is 13. The zero-order chi connectivity index (χ0) is 31.6. The van der Waals surface area contributed by atoms with Crippen LogP contribution in [-0.2, 0) is 9.53 Å². The van der Waals surface area contributed by atoms with Crippen LogP contribution in [0.5, 0.6) is 5.75 Å². The summed E-state index contributed by atoms with van der Waals surface area (Å²) in [6.07, 6.45) is 12.9. The van der Waals surface area contributed by atoms with Gasteiger partial charge in [-0.25, -0.2) is 14.6 Å². The molecule has 11 nitrogen and oxygen atoms in total. The molecule has 4 aromatic rings. The quantitative estimate of drug-likeness (QED) is 0.127. The zero-order valence-electron chi connectivity index (χ0n) is 25.2. The Labute approximate surface area is 265 Å². The zero-order valence-corrected chi connectivity index (χ0v) is 26.0. The van der Waals surface area contributed by atoms with E-state index in [9.17, 15) is 14.4 Å². The van der Waals surface area contributed by atoms with E-state index in [4.69, 9.17) is 14.6 Å². The highest BCUT2D eigenvalue weighted by molar-refractivity contribution is 7.22. The average molecular weight is 632 g/mol. The summed E-state index contributed by atoms with van der Waals surface area (Å²) in [5.41, 5.74) is 3.98. The van der Waals surface area contributed by atoms with Crippen molar-refractivity contribution in [2.24, 2.45) is 0 Å². The van der Waals surface area contributed by atoms with Gasteiger partial charge in [0.2, 0.25) is 5.91 Å². The van der Waals surface area contributed by atoms with Crippen molar-refractivity contribution in [2.45, 2.75) is 77.2 Å². The molecule has 0 bridgehead atoms. The van der Waals surface area contributed by atoms with Crippen LogP contribution in [0.1, 0.15) is 80.3 Å². The minimum absolute atomic E-state index is 0.0273. The summed E-state index contributed by atoms with van der Waals surface area (Å²) in [6, 6.07) is 9.23. The molecule has 1 fully saturated rings. The molecule has 0 spiro atoms. The number of nitrogens with zero attached hydrogens (tertiary/aromatic N) is 3. The van der Waals surface area contributed by atoms with Gasteiger partial charge >= 0.3 is 12.1 Å². The number of nitrogens with one attached hydrogen (secondary N) is 2. The van der Waals surface area contributed by atoms with E-state index in [1.54, 1.807) is 6.20 Å². The van der Waals surface area contributed by atoms with Crippen molar-refractivity contribution in [3.05, 3.63) is 60.2 Å². The van der Waals surface area contributed by atoms with E-state index in [2.05, 4.69) is 25.6 Å². The maximum atomic E-state index is 12.5. The number of hydrogen-bond donors (Lipinski definition) is 3. The summed E-state index contributed by atoms with van der Waals surface area (Å²) >= 11 is 1.41. The van der Waals surface area contributed by atoms with Crippen LogP contribution in [-0.4, -0.2) is 50.7 Å². The van der Waals surface area contributed by atoms with Gasteiger partial charge in [0.15, 0.2) is 5.13 Å². The highest BCUT2D eigenvalue weighted by Gasteiger charge is 2.19. The molecular weight excluding hydrogens is 594 g/mol. The Morgan fingerprint density at radius 1 is 0.956 bits per heavy atom. The monoisotopic (exact) mass is 631 g/mol. The van der Waals surface area contributed by atoms with Crippen LogP contribution in [0.2, 0.25) is 0 Å². The van der Waals surface area contributed by atoms with Crippen LogP contribution >= 0.6 is 11.3 Å². The molecule has 3 aromatic heterocycles. The van der Waals surface area contributed by atoms with E-state index in [1.165, 1.54) is 36.2 Å². The van der Waals surface area contributed by atoms with Crippen LogP contribution in [0.15, 0.2) is 48.9 Å². The van der Waals surface area contributed by atoms with Gasteiger partial charge in [-0.05, 0) is 75.3 Å². The number of carboxylic acid groups (broad SMARTS) is 1. The van der Waals surface area contributed by atoms with Gasteiger partial charge in [-0.3, -0.25) is 20.1 Å². The highest BCUT2D eigenvalue weighted by atomic mass is 32.1. The third kappa shape index (κ3) is 9.21. The van der Waals surface area contributed by atoms with Crippen molar-refractivity contribution in [1.82, 2.24) is 15.0 Å². The van der Waals surface area contributed by atoms with E-state index in [-0.39, 0.29) is 17.6 Å². The number of pyridine rings is 2.